The van der Waals surface area contributed by atoms with Crippen molar-refractivity contribution in [1.29, 1.82) is 0 Å². The van der Waals surface area contributed by atoms with Crippen LogP contribution in [0.15, 0.2) is 36.8 Å². The lowest BCUT2D eigenvalue weighted by Gasteiger charge is -2.35. The number of urea groups is 1. The van der Waals surface area contributed by atoms with Gasteiger partial charge in [-0.3, -0.25) is 0 Å². The quantitative estimate of drug-likeness (QED) is 0.628. The first-order valence-electron chi connectivity index (χ1n) is 10.1. The van der Waals surface area contributed by atoms with E-state index in [1.807, 2.05) is 25.3 Å². The highest BCUT2D eigenvalue weighted by molar-refractivity contribution is 6.32. The maximum atomic E-state index is 12.8. The molecule has 0 radical (unpaired) electrons. The fourth-order valence-corrected chi connectivity index (χ4v) is 3.71. The fourth-order valence-electron chi connectivity index (χ4n) is 3.47. The van der Waals surface area contributed by atoms with Crippen LogP contribution in [0.5, 0.6) is 11.5 Å². The Bertz CT molecular complexity index is 1110. The van der Waals surface area contributed by atoms with Gasteiger partial charge in [0.05, 0.1) is 30.6 Å². The number of amides is 2. The molecule has 0 unspecified atom stereocenters. The Hall–Kier alpha value is -3.53. The van der Waals surface area contributed by atoms with Crippen molar-refractivity contribution in [3.05, 3.63) is 47.5 Å². The minimum absolute atomic E-state index is 0.223. The van der Waals surface area contributed by atoms with Gasteiger partial charge in [-0.05, 0) is 19.1 Å². The molecule has 1 aromatic carbocycles. The predicted octanol–water partition coefficient (Wildman–Crippen LogP) is 3.00. The van der Waals surface area contributed by atoms with Gasteiger partial charge in [0.2, 0.25) is 0 Å². The van der Waals surface area contributed by atoms with Crippen molar-refractivity contribution in [1.82, 2.24) is 24.6 Å². The van der Waals surface area contributed by atoms with E-state index in [4.69, 9.17) is 21.1 Å². The van der Waals surface area contributed by atoms with Gasteiger partial charge in [0.15, 0.2) is 5.82 Å². The molecule has 168 valence electrons. The molecular formula is C21H24ClN7O3. The molecule has 1 aliphatic rings. The van der Waals surface area contributed by atoms with Crippen molar-refractivity contribution < 1.29 is 14.3 Å². The normalized spacial score (nSPS) is 13.8. The smallest absolute Gasteiger partial charge is 0.322 e. The van der Waals surface area contributed by atoms with Crippen molar-refractivity contribution in [2.45, 2.75) is 6.92 Å². The molecule has 1 fully saturated rings. The number of anilines is 2. The monoisotopic (exact) mass is 457 g/mol. The van der Waals surface area contributed by atoms with Crippen LogP contribution in [-0.2, 0) is 0 Å². The van der Waals surface area contributed by atoms with Crippen LogP contribution in [0.3, 0.4) is 0 Å². The number of nitrogens with one attached hydrogen (secondary N) is 1. The molecule has 11 heteroatoms. The van der Waals surface area contributed by atoms with E-state index in [1.54, 1.807) is 21.7 Å². The van der Waals surface area contributed by atoms with Gasteiger partial charge in [-0.25, -0.2) is 19.4 Å². The second kappa shape index (κ2) is 9.31. The molecule has 0 aliphatic carbocycles. The molecule has 2 amide bonds. The molecule has 4 rings (SSSR count). The van der Waals surface area contributed by atoms with Crippen molar-refractivity contribution in [3.63, 3.8) is 0 Å². The molecule has 1 N–H and O–H groups in total. The van der Waals surface area contributed by atoms with Crippen LogP contribution in [0.4, 0.5) is 16.3 Å². The van der Waals surface area contributed by atoms with Crippen LogP contribution in [0.25, 0.3) is 5.82 Å². The van der Waals surface area contributed by atoms with E-state index in [9.17, 15) is 4.79 Å². The second-order valence-corrected chi connectivity index (χ2v) is 7.63. The van der Waals surface area contributed by atoms with E-state index in [0.717, 1.165) is 11.5 Å². The zero-order valence-electron chi connectivity index (χ0n) is 18.1. The number of hydrogen-bond acceptors (Lipinski definition) is 7. The molecule has 0 saturated carbocycles. The second-order valence-electron chi connectivity index (χ2n) is 7.23. The number of halogens is 1. The molecule has 0 atom stereocenters. The lowest BCUT2D eigenvalue weighted by atomic mass is 10.2. The van der Waals surface area contributed by atoms with Crippen LogP contribution >= 0.6 is 11.6 Å². The summed E-state index contributed by atoms with van der Waals surface area (Å²) in [5.74, 6) is 2.45. The Balaban J connectivity index is 1.40. The average molecular weight is 458 g/mol. The third kappa shape index (κ3) is 4.54. The van der Waals surface area contributed by atoms with E-state index < -0.39 is 0 Å². The summed E-state index contributed by atoms with van der Waals surface area (Å²) in [7, 11) is 3.05. The molecule has 2 aromatic heterocycles. The maximum absolute atomic E-state index is 12.8. The number of rotatable bonds is 5. The number of carbonyl (C=O) groups excluding carboxylic acids is 1. The molecule has 0 spiro atoms. The van der Waals surface area contributed by atoms with Gasteiger partial charge in [0.1, 0.15) is 23.6 Å². The summed E-state index contributed by atoms with van der Waals surface area (Å²) >= 11 is 6.20. The minimum Gasteiger partial charge on any atom is -0.495 e. The van der Waals surface area contributed by atoms with Gasteiger partial charge in [-0.15, -0.1) is 0 Å². The SMILES string of the molecule is COc1cc(OC)c(NC(=O)N2CCN(c3cc(-n4ccc(C)n4)ncn3)CC2)cc1Cl. The first kappa shape index (κ1) is 21.7. The van der Waals surface area contributed by atoms with Gasteiger partial charge in [-0.2, -0.15) is 5.10 Å². The molecule has 1 aliphatic heterocycles. The van der Waals surface area contributed by atoms with E-state index in [-0.39, 0.29) is 6.03 Å². The van der Waals surface area contributed by atoms with Gasteiger partial charge < -0.3 is 24.6 Å². The van der Waals surface area contributed by atoms with Crippen LogP contribution in [0, 0.1) is 6.92 Å². The number of aryl methyl sites for hydroxylation is 1. The zero-order valence-corrected chi connectivity index (χ0v) is 18.8. The molecule has 3 aromatic rings. The summed E-state index contributed by atoms with van der Waals surface area (Å²) < 4.78 is 12.3. The third-order valence-corrected chi connectivity index (χ3v) is 5.50. The maximum Gasteiger partial charge on any atom is 0.322 e. The van der Waals surface area contributed by atoms with Crippen molar-refractivity contribution >= 4 is 29.1 Å². The number of nitrogens with zero attached hydrogens (tertiary/aromatic N) is 6. The summed E-state index contributed by atoms with van der Waals surface area (Å²) in [6.45, 7) is 4.29. The summed E-state index contributed by atoms with van der Waals surface area (Å²) in [5, 5.41) is 7.66. The molecule has 1 saturated heterocycles. The summed E-state index contributed by atoms with van der Waals surface area (Å²) in [4.78, 5) is 25.4. The first-order chi connectivity index (χ1) is 15.5. The largest absolute Gasteiger partial charge is 0.495 e. The summed E-state index contributed by atoms with van der Waals surface area (Å²) in [6, 6.07) is 6.85. The zero-order chi connectivity index (χ0) is 22.7. The lowest BCUT2D eigenvalue weighted by Crippen LogP contribution is -2.50. The number of methoxy groups -OCH3 is 2. The van der Waals surface area contributed by atoms with Crippen LogP contribution in [0.2, 0.25) is 5.02 Å². The molecule has 10 nitrogen and oxygen atoms in total. The number of piperazine rings is 1. The summed E-state index contributed by atoms with van der Waals surface area (Å²) in [6.07, 6.45) is 3.39. The van der Waals surface area contributed by atoms with Crippen LogP contribution < -0.4 is 19.7 Å². The third-order valence-electron chi connectivity index (χ3n) is 5.20. The van der Waals surface area contributed by atoms with E-state index >= 15 is 0 Å². The van der Waals surface area contributed by atoms with Gasteiger partial charge in [0.25, 0.3) is 0 Å². The van der Waals surface area contributed by atoms with Crippen molar-refractivity contribution in [2.24, 2.45) is 0 Å². The Kier molecular flexibility index (Phi) is 6.31. The molecule has 3 heterocycles. The molecule has 32 heavy (non-hydrogen) atoms. The number of hydrogen-bond donors (Lipinski definition) is 1. The van der Waals surface area contributed by atoms with Gasteiger partial charge >= 0.3 is 6.03 Å². The number of carbonyl (C=O) groups is 1. The topological polar surface area (TPSA) is 97.6 Å². The highest BCUT2D eigenvalue weighted by Gasteiger charge is 2.23. The Morgan fingerprint density at radius 1 is 1.03 bits per heavy atom. The van der Waals surface area contributed by atoms with Crippen LogP contribution in [-0.4, -0.2) is 71.1 Å². The van der Waals surface area contributed by atoms with Crippen LogP contribution in [0.1, 0.15) is 5.69 Å². The number of aromatic nitrogens is 4. The van der Waals surface area contributed by atoms with E-state index in [0.29, 0.717) is 54.2 Å². The Morgan fingerprint density at radius 3 is 2.41 bits per heavy atom. The van der Waals surface area contributed by atoms with Crippen molar-refractivity contribution in [3.8, 4) is 17.3 Å². The fraction of sp³-hybridized carbons (Fsp3) is 0.333. The number of ether oxygens (including phenoxy) is 2. The van der Waals surface area contributed by atoms with Gasteiger partial charge in [0, 0.05) is 44.5 Å². The Morgan fingerprint density at radius 2 is 1.75 bits per heavy atom. The average Bonchev–Trinajstić information content (AvgIpc) is 3.26. The number of benzene rings is 1. The summed E-state index contributed by atoms with van der Waals surface area (Å²) in [5.41, 5.74) is 1.40. The highest BCUT2D eigenvalue weighted by Crippen LogP contribution is 2.36. The molecular weight excluding hydrogens is 434 g/mol. The standard InChI is InChI=1S/C21H24ClN7O3/c1-14-4-5-29(26-14)20-12-19(23-13-24-20)27-6-8-28(9-7-27)21(30)25-16-10-15(22)17(31-2)11-18(16)32-3/h4-5,10-13H,6-9H2,1-3H3,(H,25,30). The first-order valence-corrected chi connectivity index (χ1v) is 10.4. The van der Waals surface area contributed by atoms with Gasteiger partial charge in [-0.1, -0.05) is 11.6 Å². The Labute approximate surface area is 190 Å². The lowest BCUT2D eigenvalue weighted by molar-refractivity contribution is 0.208. The van der Waals surface area contributed by atoms with Crippen molar-refractivity contribution in [2.75, 3.05) is 50.6 Å². The van der Waals surface area contributed by atoms with E-state index in [1.165, 1.54) is 20.5 Å². The predicted molar refractivity (Wildman–Crippen MR) is 121 cm³/mol. The van der Waals surface area contributed by atoms with E-state index in [2.05, 4.69) is 25.3 Å². The molecule has 0 bridgehead atoms. The minimum atomic E-state index is -0.223. The highest BCUT2D eigenvalue weighted by atomic mass is 35.5.